The van der Waals surface area contributed by atoms with Gasteiger partial charge in [-0.1, -0.05) is 0 Å². The molecule has 0 atom stereocenters. The van der Waals surface area contributed by atoms with Crippen LogP contribution in [0.25, 0.3) is 0 Å². The summed E-state index contributed by atoms with van der Waals surface area (Å²) in [5.41, 5.74) is 0. The van der Waals surface area contributed by atoms with E-state index < -0.39 is 0 Å². The minimum Gasteiger partial charge on any atom is -0.288 e. The van der Waals surface area contributed by atoms with Crippen LogP contribution in [-0.2, 0) is 0 Å². The summed E-state index contributed by atoms with van der Waals surface area (Å²) in [7, 11) is 0. The fourth-order valence-corrected chi connectivity index (χ4v) is 0.147. The first-order valence-electron chi connectivity index (χ1n) is 1.34. The molecule has 0 aliphatic heterocycles. The molecule has 0 unspecified atom stereocenters. The maximum atomic E-state index is 4.88. The molecule has 2 N–H and O–H groups in total. The van der Waals surface area contributed by atoms with Crippen LogP contribution in [0.5, 0.6) is 0 Å². The summed E-state index contributed by atoms with van der Waals surface area (Å²) in [6.07, 6.45) is 0. The van der Waals surface area contributed by atoms with Gasteiger partial charge in [-0.2, -0.15) is 0 Å². The molecule has 0 aromatic carbocycles. The molecule has 1 heterocycles. The SMILES string of the molecule is C=Nn1on1N. The third-order valence-corrected chi connectivity index (χ3v) is 0.422. The minimum absolute atomic E-state index is 0.951. The molecule has 0 saturated heterocycles. The van der Waals surface area contributed by atoms with Crippen LogP contribution in [-0.4, -0.2) is 16.6 Å². The first kappa shape index (κ1) is 3.08. The van der Waals surface area contributed by atoms with Crippen molar-refractivity contribution in [1.29, 1.82) is 0 Å². The van der Waals surface area contributed by atoms with Gasteiger partial charge in [0.1, 0.15) is 0 Å². The van der Waals surface area contributed by atoms with Crippen molar-refractivity contribution < 1.29 is 4.63 Å². The Morgan fingerprint density at radius 1 is 1.83 bits per heavy atom. The van der Waals surface area contributed by atoms with Crippen molar-refractivity contribution >= 4 is 6.72 Å². The molecule has 0 aliphatic carbocycles. The second-order valence-electron chi connectivity index (χ2n) is 0.778. The van der Waals surface area contributed by atoms with Crippen molar-refractivity contribution in [3.05, 3.63) is 0 Å². The van der Waals surface area contributed by atoms with Gasteiger partial charge in [-0.3, -0.25) is 5.84 Å². The van der Waals surface area contributed by atoms with Crippen LogP contribution in [0.15, 0.2) is 9.73 Å². The van der Waals surface area contributed by atoms with Crippen LogP contribution < -0.4 is 5.84 Å². The lowest BCUT2D eigenvalue weighted by Gasteiger charge is -1.59. The van der Waals surface area contributed by atoms with Crippen molar-refractivity contribution in [2.45, 2.75) is 0 Å². The molecule has 0 amide bonds. The molecule has 5 heteroatoms. The first-order valence-corrected chi connectivity index (χ1v) is 1.34. The van der Waals surface area contributed by atoms with Gasteiger partial charge in [0.2, 0.25) is 0 Å². The van der Waals surface area contributed by atoms with Crippen LogP contribution >= 0.6 is 0 Å². The van der Waals surface area contributed by atoms with Crippen molar-refractivity contribution in [2.75, 3.05) is 5.84 Å². The average molecular weight is 88.1 g/mol. The van der Waals surface area contributed by atoms with Gasteiger partial charge >= 0.3 is 0 Å². The number of aromatic nitrogens is 2. The van der Waals surface area contributed by atoms with Gasteiger partial charge in [0.05, 0.1) is 4.96 Å². The monoisotopic (exact) mass is 88.0 g/mol. The lowest BCUT2D eigenvalue weighted by molar-refractivity contribution is 0.443. The predicted molar refractivity (Wildman–Crippen MR) is 19.8 cm³/mol. The van der Waals surface area contributed by atoms with E-state index in [9.17, 15) is 0 Å². The van der Waals surface area contributed by atoms with Crippen LogP contribution in [0.1, 0.15) is 0 Å². The molecule has 0 saturated carbocycles. The van der Waals surface area contributed by atoms with E-state index in [0.717, 1.165) is 9.93 Å². The fraction of sp³-hybridized carbons (Fsp3) is 0. The quantitative estimate of drug-likeness (QED) is 0.355. The molecule has 34 valence electrons. The van der Waals surface area contributed by atoms with E-state index in [0.29, 0.717) is 0 Å². The number of hydrogen-bond donors (Lipinski definition) is 1. The molecular weight excluding hydrogens is 84.0 g/mol. The molecule has 1 aromatic rings. The number of nitrogens with zero attached hydrogens (tertiary/aromatic N) is 3. The second-order valence-corrected chi connectivity index (χ2v) is 0.778. The standard InChI is InChI=1S/CH4N4O/c1-3-5-4(2)6-5/h1-2H2. The first-order chi connectivity index (χ1) is 2.84. The normalized spacial score (nSPS) is 9.33. The Morgan fingerprint density at radius 3 is 2.33 bits per heavy atom. The third kappa shape index (κ3) is 0.213. The number of rotatable bonds is 1. The topological polar surface area (TPSA) is 61.4 Å². The number of nitrogen functional groups attached to an aromatic ring is 1. The van der Waals surface area contributed by atoms with Crippen molar-refractivity contribution in [3.8, 4) is 0 Å². The molecule has 6 heavy (non-hydrogen) atoms. The summed E-state index contributed by atoms with van der Waals surface area (Å²) in [6.45, 7) is 3.10. The molecular formula is CH4N4O. The third-order valence-electron chi connectivity index (χ3n) is 0.422. The Balaban J connectivity index is 2.67. The average Bonchev–Trinajstić information content (AvgIpc) is 2.19. The lowest BCUT2D eigenvalue weighted by Crippen LogP contribution is -1.99. The van der Waals surface area contributed by atoms with E-state index in [-0.39, 0.29) is 0 Å². The lowest BCUT2D eigenvalue weighted by atomic mass is 11.7. The van der Waals surface area contributed by atoms with Crippen LogP contribution in [0.2, 0.25) is 0 Å². The second kappa shape index (κ2) is 0.675. The summed E-state index contributed by atoms with van der Waals surface area (Å²) in [4.78, 5) is 1.99. The Kier molecular flexibility index (Phi) is 0.346. The zero-order chi connectivity index (χ0) is 4.57. The van der Waals surface area contributed by atoms with E-state index in [1.54, 1.807) is 0 Å². The molecule has 1 aromatic heterocycles. The van der Waals surface area contributed by atoms with Gasteiger partial charge in [0.15, 0.2) is 0 Å². The maximum Gasteiger partial charge on any atom is 0.0570 e. The highest BCUT2D eigenvalue weighted by molar-refractivity contribution is 5.22. The highest BCUT2D eigenvalue weighted by atomic mass is 16.8. The largest absolute Gasteiger partial charge is 0.288 e. The molecule has 0 aliphatic rings. The van der Waals surface area contributed by atoms with Crippen molar-refractivity contribution in [3.63, 3.8) is 0 Å². The maximum absolute atomic E-state index is 4.88. The van der Waals surface area contributed by atoms with Crippen molar-refractivity contribution in [2.24, 2.45) is 5.10 Å². The summed E-state index contributed by atoms with van der Waals surface area (Å²) in [6, 6.07) is 0. The number of nitrogens with two attached hydrogens (primary N) is 1. The predicted octanol–water partition coefficient (Wildman–Crippen LogP) is -0.940. The van der Waals surface area contributed by atoms with E-state index in [2.05, 4.69) is 16.4 Å². The Labute approximate surface area is 33.5 Å². The summed E-state index contributed by atoms with van der Waals surface area (Å²) < 4.78 is 4.28. The van der Waals surface area contributed by atoms with Gasteiger partial charge in [-0.05, 0) is 0 Å². The van der Waals surface area contributed by atoms with Gasteiger partial charge < -0.3 is 0 Å². The van der Waals surface area contributed by atoms with Gasteiger partial charge in [0, 0.05) is 11.7 Å². The minimum atomic E-state index is 0.951. The van der Waals surface area contributed by atoms with Crippen LogP contribution in [0.3, 0.4) is 0 Å². The van der Waals surface area contributed by atoms with Gasteiger partial charge in [0.25, 0.3) is 0 Å². The smallest absolute Gasteiger partial charge is 0.0570 e. The van der Waals surface area contributed by atoms with E-state index in [1.165, 1.54) is 0 Å². The van der Waals surface area contributed by atoms with Crippen LogP contribution in [0.4, 0.5) is 0 Å². The molecule has 0 radical (unpaired) electrons. The van der Waals surface area contributed by atoms with Gasteiger partial charge in [-0.15, -0.1) is 5.10 Å². The highest BCUT2D eigenvalue weighted by Crippen LogP contribution is 1.83. The Hall–Kier alpha value is -1.13. The van der Waals surface area contributed by atoms with E-state index in [1.807, 2.05) is 0 Å². The van der Waals surface area contributed by atoms with E-state index in [4.69, 9.17) is 5.84 Å². The zero-order valence-corrected chi connectivity index (χ0v) is 3.03. The molecule has 1 rings (SSSR count). The van der Waals surface area contributed by atoms with Gasteiger partial charge in [-0.25, -0.2) is 4.63 Å². The van der Waals surface area contributed by atoms with Crippen LogP contribution in [0, 0.1) is 0 Å². The molecule has 5 nitrogen and oxygen atoms in total. The molecule has 0 fully saturated rings. The summed E-state index contributed by atoms with van der Waals surface area (Å²) in [5.74, 6) is 4.88. The van der Waals surface area contributed by atoms with Crippen molar-refractivity contribution in [1.82, 2.24) is 9.93 Å². The zero-order valence-electron chi connectivity index (χ0n) is 3.03. The fourth-order valence-electron chi connectivity index (χ4n) is 0.147. The Morgan fingerprint density at radius 2 is 2.33 bits per heavy atom. The molecule has 0 bridgehead atoms. The Bertz CT molecular complexity index is 133. The summed E-state index contributed by atoms with van der Waals surface area (Å²) in [5, 5.41) is 3.24. The highest BCUT2D eigenvalue weighted by Gasteiger charge is 1.97. The van der Waals surface area contributed by atoms with E-state index >= 15 is 0 Å². The number of hydrogen-bond acceptors (Lipinski definition) is 3. The summed E-state index contributed by atoms with van der Waals surface area (Å²) >= 11 is 0. The molecule has 0 spiro atoms.